The van der Waals surface area contributed by atoms with Crippen molar-refractivity contribution in [1.82, 2.24) is 9.88 Å². The van der Waals surface area contributed by atoms with Gasteiger partial charge in [0.25, 0.3) is 0 Å². The van der Waals surface area contributed by atoms with E-state index in [1.807, 2.05) is 29.3 Å². The average Bonchev–Trinajstić information content (AvgIpc) is 3.28. The summed E-state index contributed by atoms with van der Waals surface area (Å²) in [5.74, 6) is -1.96. The molecule has 1 aromatic carbocycles. The largest absolute Gasteiger partial charge is 0.466 e. The van der Waals surface area contributed by atoms with Gasteiger partial charge in [0.2, 0.25) is 5.91 Å². The molecule has 29 heavy (non-hydrogen) atoms. The van der Waals surface area contributed by atoms with Crippen LogP contribution in [0.5, 0.6) is 0 Å². The molecule has 7 nitrogen and oxygen atoms in total. The van der Waals surface area contributed by atoms with E-state index in [9.17, 15) is 14.7 Å². The molecule has 2 atom stereocenters. The van der Waals surface area contributed by atoms with E-state index in [1.54, 1.807) is 6.92 Å². The number of carbonyl (C=O) groups is 2. The fourth-order valence-corrected chi connectivity index (χ4v) is 4.79. The highest BCUT2D eigenvalue weighted by molar-refractivity contribution is 5.86. The average molecular weight is 400 g/mol. The van der Waals surface area contributed by atoms with Gasteiger partial charge in [-0.1, -0.05) is 18.2 Å². The highest BCUT2D eigenvalue weighted by atomic mass is 16.6. The molecule has 2 N–H and O–H groups in total. The molecule has 0 bridgehead atoms. The first kappa shape index (κ1) is 19.9. The van der Waals surface area contributed by atoms with Crippen LogP contribution in [0.1, 0.15) is 38.2 Å². The second kappa shape index (κ2) is 7.80. The summed E-state index contributed by atoms with van der Waals surface area (Å²) in [6, 6.07) is 8.10. The maximum absolute atomic E-state index is 13.5. The van der Waals surface area contributed by atoms with Crippen LogP contribution in [0, 0.1) is 5.41 Å². The fourth-order valence-electron chi connectivity index (χ4n) is 4.79. The minimum atomic E-state index is -1.49. The van der Waals surface area contributed by atoms with Crippen molar-refractivity contribution >= 4 is 22.8 Å². The summed E-state index contributed by atoms with van der Waals surface area (Å²) in [7, 11) is 0. The van der Waals surface area contributed by atoms with Crippen molar-refractivity contribution in [1.29, 1.82) is 0 Å². The van der Waals surface area contributed by atoms with E-state index >= 15 is 0 Å². The molecule has 2 aromatic rings. The molecule has 2 saturated heterocycles. The molecular weight excluding hydrogens is 372 g/mol. The molecule has 4 rings (SSSR count). The van der Waals surface area contributed by atoms with Crippen molar-refractivity contribution in [3.8, 4) is 0 Å². The van der Waals surface area contributed by atoms with Crippen molar-refractivity contribution < 1.29 is 24.2 Å². The lowest BCUT2D eigenvalue weighted by Gasteiger charge is -2.47. The molecule has 3 heterocycles. The summed E-state index contributed by atoms with van der Waals surface area (Å²) in [4.78, 5) is 30.4. The number of fused-ring (bicyclic) bond motifs is 2. The molecule has 1 amide bonds. The number of amides is 1. The van der Waals surface area contributed by atoms with Gasteiger partial charge in [0, 0.05) is 43.0 Å². The minimum Gasteiger partial charge on any atom is -0.466 e. The maximum atomic E-state index is 13.5. The molecule has 156 valence electrons. The van der Waals surface area contributed by atoms with E-state index in [0.717, 1.165) is 22.9 Å². The fraction of sp³-hybridized carbons (Fsp3) is 0.545. The van der Waals surface area contributed by atoms with Crippen molar-refractivity contribution in [2.45, 2.75) is 44.8 Å². The van der Waals surface area contributed by atoms with Crippen LogP contribution in [0.25, 0.3) is 10.9 Å². The SMILES string of the molecule is CCOC(=O)CCC12CCOC1(O)CCN(CCc1c[nH]c3ccccc13)C2=O. The number of hydrogen-bond donors (Lipinski definition) is 2. The molecule has 0 aliphatic carbocycles. The number of carbonyl (C=O) groups excluding carboxylic acids is 2. The van der Waals surface area contributed by atoms with Crippen LogP contribution in [0.2, 0.25) is 0 Å². The summed E-state index contributed by atoms with van der Waals surface area (Å²) >= 11 is 0. The first-order valence-corrected chi connectivity index (χ1v) is 10.4. The van der Waals surface area contributed by atoms with Crippen LogP contribution in [0.15, 0.2) is 30.5 Å². The summed E-state index contributed by atoms with van der Waals surface area (Å²) in [6.07, 6.45) is 3.83. The highest BCUT2D eigenvalue weighted by Gasteiger charge is 2.63. The molecule has 2 fully saturated rings. The lowest BCUT2D eigenvalue weighted by Crippen LogP contribution is -2.61. The number of esters is 1. The first-order valence-electron chi connectivity index (χ1n) is 10.4. The van der Waals surface area contributed by atoms with Gasteiger partial charge in [-0.2, -0.15) is 0 Å². The quantitative estimate of drug-likeness (QED) is 0.697. The van der Waals surface area contributed by atoms with Gasteiger partial charge in [-0.25, -0.2) is 0 Å². The molecule has 0 spiro atoms. The van der Waals surface area contributed by atoms with Gasteiger partial charge >= 0.3 is 5.97 Å². The Morgan fingerprint density at radius 1 is 1.34 bits per heavy atom. The van der Waals surface area contributed by atoms with Crippen molar-refractivity contribution in [3.05, 3.63) is 36.0 Å². The van der Waals surface area contributed by atoms with Crippen LogP contribution >= 0.6 is 0 Å². The Labute approximate surface area is 170 Å². The van der Waals surface area contributed by atoms with Gasteiger partial charge in [0.05, 0.1) is 13.2 Å². The number of rotatable bonds is 7. The van der Waals surface area contributed by atoms with E-state index in [2.05, 4.69) is 11.1 Å². The zero-order chi connectivity index (χ0) is 20.5. The van der Waals surface area contributed by atoms with Crippen LogP contribution in [-0.4, -0.2) is 59.0 Å². The third kappa shape index (κ3) is 3.42. The normalized spacial score (nSPS) is 26.7. The lowest BCUT2D eigenvalue weighted by atomic mass is 9.70. The number of aromatic amines is 1. The Balaban J connectivity index is 1.49. The van der Waals surface area contributed by atoms with E-state index in [1.165, 1.54) is 0 Å². The van der Waals surface area contributed by atoms with E-state index in [0.29, 0.717) is 39.1 Å². The molecule has 1 aromatic heterocycles. The van der Waals surface area contributed by atoms with Crippen LogP contribution < -0.4 is 0 Å². The Morgan fingerprint density at radius 3 is 3.00 bits per heavy atom. The number of likely N-dealkylation sites (tertiary alicyclic amines) is 1. The number of piperidine rings is 1. The van der Waals surface area contributed by atoms with Gasteiger partial charge in [-0.05, 0) is 37.8 Å². The van der Waals surface area contributed by atoms with E-state index in [-0.39, 0.29) is 24.7 Å². The van der Waals surface area contributed by atoms with Gasteiger partial charge in [-0.15, -0.1) is 0 Å². The zero-order valence-corrected chi connectivity index (χ0v) is 16.8. The number of nitrogens with one attached hydrogen (secondary N) is 1. The van der Waals surface area contributed by atoms with Crippen LogP contribution in [-0.2, 0) is 25.5 Å². The molecule has 7 heteroatoms. The van der Waals surface area contributed by atoms with Gasteiger partial charge in [0.15, 0.2) is 5.79 Å². The Morgan fingerprint density at radius 2 is 2.17 bits per heavy atom. The molecule has 0 saturated carbocycles. The standard InChI is InChI=1S/C22H28N2O5/c1-2-28-19(25)7-9-21-11-14-29-22(21,27)10-13-24(20(21)26)12-8-16-15-23-18-6-4-3-5-17(16)18/h3-6,15,23,27H,2,7-14H2,1H3. The number of nitrogens with zero attached hydrogens (tertiary/aromatic N) is 1. The summed E-state index contributed by atoms with van der Waals surface area (Å²) < 4.78 is 10.6. The number of benzene rings is 1. The number of para-hydroxylation sites is 1. The van der Waals surface area contributed by atoms with Crippen molar-refractivity contribution in [2.75, 3.05) is 26.3 Å². The predicted octanol–water partition coefficient (Wildman–Crippen LogP) is 2.38. The summed E-state index contributed by atoms with van der Waals surface area (Å²) in [5.41, 5.74) is 1.17. The predicted molar refractivity (Wildman–Crippen MR) is 107 cm³/mol. The minimum absolute atomic E-state index is 0.0987. The van der Waals surface area contributed by atoms with Gasteiger partial charge < -0.3 is 24.5 Å². The van der Waals surface area contributed by atoms with Crippen molar-refractivity contribution in [2.24, 2.45) is 5.41 Å². The molecule has 2 aliphatic heterocycles. The summed E-state index contributed by atoms with van der Waals surface area (Å²) in [5, 5.41) is 12.2. The number of hydrogen-bond acceptors (Lipinski definition) is 5. The number of ether oxygens (including phenoxy) is 2. The third-order valence-corrected chi connectivity index (χ3v) is 6.42. The monoisotopic (exact) mass is 400 g/mol. The van der Waals surface area contributed by atoms with Crippen molar-refractivity contribution in [3.63, 3.8) is 0 Å². The Hall–Kier alpha value is -2.38. The topological polar surface area (TPSA) is 91.9 Å². The van der Waals surface area contributed by atoms with Crippen LogP contribution in [0.3, 0.4) is 0 Å². The Kier molecular flexibility index (Phi) is 5.36. The zero-order valence-electron chi connectivity index (χ0n) is 16.8. The number of aromatic nitrogens is 1. The third-order valence-electron chi connectivity index (χ3n) is 6.42. The maximum Gasteiger partial charge on any atom is 0.305 e. The molecule has 2 unspecified atom stereocenters. The van der Waals surface area contributed by atoms with E-state index < -0.39 is 11.2 Å². The first-order chi connectivity index (χ1) is 14.0. The smallest absolute Gasteiger partial charge is 0.305 e. The van der Waals surface area contributed by atoms with E-state index in [4.69, 9.17) is 9.47 Å². The van der Waals surface area contributed by atoms with Crippen LogP contribution in [0.4, 0.5) is 0 Å². The number of H-pyrrole nitrogens is 1. The van der Waals surface area contributed by atoms with Gasteiger partial charge in [-0.3, -0.25) is 9.59 Å². The molecule has 2 aliphatic rings. The molecular formula is C22H28N2O5. The second-order valence-corrected chi connectivity index (χ2v) is 7.92. The highest BCUT2D eigenvalue weighted by Crippen LogP contribution is 2.51. The Bertz CT molecular complexity index is 909. The lowest BCUT2D eigenvalue weighted by molar-refractivity contribution is -0.247. The molecule has 0 radical (unpaired) electrons. The number of aliphatic hydroxyl groups is 1. The van der Waals surface area contributed by atoms with Gasteiger partial charge in [0.1, 0.15) is 5.41 Å². The second-order valence-electron chi connectivity index (χ2n) is 7.92. The summed E-state index contributed by atoms with van der Waals surface area (Å²) in [6.45, 7) is 3.39.